The number of carbonyl (C=O) groups is 4. The van der Waals surface area contributed by atoms with Crippen LogP contribution in [-0.4, -0.2) is 89.2 Å². The zero-order valence-corrected chi connectivity index (χ0v) is 28.2. The number of nitriles is 1. The van der Waals surface area contributed by atoms with Crippen molar-refractivity contribution < 1.29 is 52.0 Å². The number of nitrogens with two attached hydrogens (primary N) is 1. The van der Waals surface area contributed by atoms with E-state index in [1.54, 1.807) is 39.8 Å². The molecule has 3 rings (SSSR count). The maximum absolute atomic E-state index is 14.1. The number of esters is 4. The first kappa shape index (κ1) is 37.3. The van der Waals surface area contributed by atoms with Gasteiger partial charge in [0, 0.05) is 0 Å². The quantitative estimate of drug-likeness (QED) is 0.144. The van der Waals surface area contributed by atoms with Gasteiger partial charge in [-0.25, -0.2) is 19.7 Å². The largest absolute Gasteiger partial charge is 0.468 e. The van der Waals surface area contributed by atoms with Crippen LogP contribution in [0.25, 0.3) is 5.52 Å². The van der Waals surface area contributed by atoms with Crippen molar-refractivity contribution in [2.75, 3.05) is 26.6 Å². The zero-order valence-electron chi connectivity index (χ0n) is 27.3. The highest BCUT2D eigenvalue weighted by molar-refractivity contribution is 7.54. The van der Waals surface area contributed by atoms with Crippen LogP contribution in [-0.2, 0) is 52.0 Å². The van der Waals surface area contributed by atoms with Crippen LogP contribution in [0.4, 0.5) is 5.82 Å². The van der Waals surface area contributed by atoms with Gasteiger partial charge in [-0.1, -0.05) is 27.7 Å². The number of hydrogen-bond donors (Lipinski definition) is 3. The number of rotatable bonds is 14. The zero-order chi connectivity index (χ0) is 35.3. The number of nitrogens with one attached hydrogen (secondary N) is 2. The van der Waals surface area contributed by atoms with Crippen molar-refractivity contribution in [1.82, 2.24) is 24.8 Å². The van der Waals surface area contributed by atoms with Crippen LogP contribution < -0.4 is 15.9 Å². The number of methoxy groups -OCH3 is 2. The van der Waals surface area contributed by atoms with Gasteiger partial charge in [0.2, 0.25) is 5.60 Å². The highest BCUT2D eigenvalue weighted by atomic mass is 31.2. The van der Waals surface area contributed by atoms with Crippen molar-refractivity contribution in [3.63, 3.8) is 0 Å². The van der Waals surface area contributed by atoms with Gasteiger partial charge in [0.05, 0.1) is 31.7 Å². The topological polar surface area (TPSA) is 245 Å². The van der Waals surface area contributed by atoms with Gasteiger partial charge in [0.1, 0.15) is 42.7 Å². The van der Waals surface area contributed by atoms with Crippen molar-refractivity contribution in [3.05, 3.63) is 24.2 Å². The Morgan fingerprint density at radius 3 is 2.06 bits per heavy atom. The van der Waals surface area contributed by atoms with E-state index in [1.807, 2.05) is 6.07 Å². The third-order valence-electron chi connectivity index (χ3n) is 7.12. The lowest BCUT2D eigenvalue weighted by Crippen LogP contribution is -2.51. The van der Waals surface area contributed by atoms with E-state index in [2.05, 4.69) is 20.3 Å². The maximum Gasteiger partial charge on any atom is 0.342 e. The van der Waals surface area contributed by atoms with Crippen LogP contribution in [0.15, 0.2) is 18.5 Å². The molecule has 0 bridgehead atoms. The van der Waals surface area contributed by atoms with E-state index in [1.165, 1.54) is 24.7 Å². The van der Waals surface area contributed by atoms with Gasteiger partial charge >= 0.3 is 31.5 Å². The molecule has 3 heterocycles. The summed E-state index contributed by atoms with van der Waals surface area (Å²) < 4.78 is 48.6. The predicted molar refractivity (Wildman–Crippen MR) is 162 cm³/mol. The molecular formula is C28H40N7O11P. The van der Waals surface area contributed by atoms with E-state index in [4.69, 9.17) is 33.9 Å². The summed E-state index contributed by atoms with van der Waals surface area (Å²) in [7, 11) is -2.24. The number of ether oxygens (including phenoxy) is 5. The maximum atomic E-state index is 14.1. The highest BCUT2D eigenvalue weighted by Gasteiger charge is 2.62. The Bertz CT molecular complexity index is 1550. The molecule has 1 fully saturated rings. The van der Waals surface area contributed by atoms with Crippen LogP contribution in [0.2, 0.25) is 0 Å². The summed E-state index contributed by atoms with van der Waals surface area (Å²) in [4.78, 5) is 54.4. The second-order valence-corrected chi connectivity index (χ2v) is 13.3. The molecule has 0 aromatic carbocycles. The van der Waals surface area contributed by atoms with Crippen LogP contribution in [0.5, 0.6) is 0 Å². The molecule has 18 nitrogen and oxygen atoms in total. The summed E-state index contributed by atoms with van der Waals surface area (Å²) in [6.45, 7) is 8.04. The van der Waals surface area contributed by atoms with E-state index in [-0.39, 0.29) is 11.5 Å². The minimum atomic E-state index is -4.47. The van der Waals surface area contributed by atoms with Gasteiger partial charge in [-0.05, 0) is 26.0 Å². The van der Waals surface area contributed by atoms with Gasteiger partial charge in [0.25, 0.3) is 0 Å². The average Bonchev–Trinajstić information content (AvgIpc) is 3.59. The summed E-state index contributed by atoms with van der Waals surface area (Å²) in [5.41, 5.74) is 4.34. The molecule has 0 spiro atoms. The monoisotopic (exact) mass is 681 g/mol. The second-order valence-electron chi connectivity index (χ2n) is 11.4. The SMILES string of the molecule is COC(=O)[C@H](C)NP(=O)(N[C@@H](C)C(=O)OC)OC[C@@]1(C#N)O[C@@H](c2ccc3c(N)ncnn23)[C@H](OC(=O)C(C)C)[C@@H]1OC(=O)C(C)C. The van der Waals surface area contributed by atoms with Gasteiger partial charge < -0.3 is 33.9 Å². The second kappa shape index (κ2) is 15.2. The molecule has 0 amide bonds. The van der Waals surface area contributed by atoms with Gasteiger partial charge in [-0.2, -0.15) is 10.4 Å². The van der Waals surface area contributed by atoms with Gasteiger partial charge in [-0.3, -0.25) is 23.7 Å². The Kier molecular flexibility index (Phi) is 12.1. The molecule has 4 N–H and O–H groups in total. The molecule has 1 saturated heterocycles. The Morgan fingerprint density at radius 2 is 1.55 bits per heavy atom. The average molecular weight is 682 g/mol. The number of nitrogen functional groups attached to an aromatic ring is 1. The van der Waals surface area contributed by atoms with E-state index < -0.39 is 86.0 Å². The fourth-order valence-electron chi connectivity index (χ4n) is 4.53. The van der Waals surface area contributed by atoms with Gasteiger partial charge in [0.15, 0.2) is 18.0 Å². The number of anilines is 1. The number of fused-ring (bicyclic) bond motifs is 1. The lowest BCUT2D eigenvalue weighted by Gasteiger charge is -2.32. The fourth-order valence-corrected chi connectivity index (χ4v) is 6.35. The van der Waals surface area contributed by atoms with Crippen molar-refractivity contribution in [2.24, 2.45) is 11.8 Å². The van der Waals surface area contributed by atoms with Crippen LogP contribution in [0.1, 0.15) is 53.3 Å². The third kappa shape index (κ3) is 8.24. The van der Waals surface area contributed by atoms with Crippen LogP contribution in [0.3, 0.4) is 0 Å². The Hall–Kier alpha value is -4.14. The Labute approximate surface area is 271 Å². The summed E-state index contributed by atoms with van der Waals surface area (Å²) in [6, 6.07) is 2.64. The Balaban J connectivity index is 2.16. The molecule has 1 aliphatic rings. The first-order valence-electron chi connectivity index (χ1n) is 14.6. The van der Waals surface area contributed by atoms with Crippen LogP contribution >= 0.6 is 7.67 Å². The molecule has 6 atom stereocenters. The minimum absolute atomic E-state index is 0.121. The molecule has 0 aliphatic carbocycles. The highest BCUT2D eigenvalue weighted by Crippen LogP contribution is 2.48. The molecule has 0 unspecified atom stereocenters. The number of aromatic nitrogens is 3. The van der Waals surface area contributed by atoms with Crippen molar-refractivity contribution in [3.8, 4) is 6.07 Å². The first-order valence-corrected chi connectivity index (χ1v) is 16.2. The lowest BCUT2D eigenvalue weighted by atomic mass is 9.95. The number of nitrogens with zero attached hydrogens (tertiary/aromatic N) is 4. The molecule has 0 saturated carbocycles. The van der Waals surface area contributed by atoms with Crippen molar-refractivity contribution >= 4 is 42.9 Å². The summed E-state index contributed by atoms with van der Waals surface area (Å²) in [5, 5.41) is 19.8. The first-order chi connectivity index (χ1) is 22.0. The number of carbonyl (C=O) groups excluding carboxylic acids is 4. The Morgan fingerprint density at radius 1 is 1.00 bits per heavy atom. The molecule has 19 heteroatoms. The smallest absolute Gasteiger partial charge is 0.342 e. The summed E-state index contributed by atoms with van der Waals surface area (Å²) in [5.74, 6) is -4.32. The molecule has 2 aromatic rings. The summed E-state index contributed by atoms with van der Waals surface area (Å²) in [6.07, 6.45) is -3.23. The van der Waals surface area contributed by atoms with Crippen molar-refractivity contribution in [1.29, 1.82) is 5.26 Å². The van der Waals surface area contributed by atoms with Gasteiger partial charge in [-0.15, -0.1) is 0 Å². The standard InChI is InChI=1S/C28H40N7O11P/c1-14(2)24(36)44-21-20(18-9-10-19-23(30)31-13-32-35(18)19)46-28(11-29,22(21)45-25(37)15(3)4)12-43-47(40,33-16(5)26(38)41-7)34-17(6)27(39)42-8/h9-10,13-17,20-22H,12H2,1-8H3,(H2,30,31,32)(H2,33,34,40)/t16-,17-,20-,21-,22-,28+/m0/s1. The molecule has 1 aliphatic heterocycles. The molecule has 47 heavy (non-hydrogen) atoms. The molecular weight excluding hydrogens is 641 g/mol. The van der Waals surface area contributed by atoms with Crippen LogP contribution in [0, 0.1) is 23.2 Å². The minimum Gasteiger partial charge on any atom is -0.468 e. The van der Waals surface area contributed by atoms with E-state index in [0.717, 1.165) is 14.2 Å². The lowest BCUT2D eigenvalue weighted by molar-refractivity contribution is -0.173. The predicted octanol–water partition coefficient (Wildman–Crippen LogP) is 1.21. The third-order valence-corrected chi connectivity index (χ3v) is 9.07. The molecule has 2 aromatic heterocycles. The summed E-state index contributed by atoms with van der Waals surface area (Å²) >= 11 is 0. The fraction of sp³-hybridized carbons (Fsp3) is 0.607. The van der Waals surface area contributed by atoms with E-state index >= 15 is 0 Å². The normalized spacial score (nSPS) is 22.4. The molecule has 258 valence electrons. The molecule has 0 radical (unpaired) electrons. The van der Waals surface area contributed by atoms with E-state index in [9.17, 15) is 29.0 Å². The number of hydrogen-bond acceptors (Lipinski definition) is 15. The van der Waals surface area contributed by atoms with E-state index in [0.29, 0.717) is 5.52 Å². The van der Waals surface area contributed by atoms with Crippen molar-refractivity contribution in [2.45, 2.75) is 77.5 Å².